The minimum Gasteiger partial charge on any atom is -0.478 e. The van der Waals surface area contributed by atoms with E-state index in [1.54, 1.807) is 29.4 Å². The molecular formula is C15H12N2O3. The molecular weight excluding hydrogens is 256 g/mol. The van der Waals surface area contributed by atoms with Gasteiger partial charge in [-0.2, -0.15) is 0 Å². The summed E-state index contributed by atoms with van der Waals surface area (Å²) >= 11 is 0. The van der Waals surface area contributed by atoms with Gasteiger partial charge in [-0.15, -0.1) is 0 Å². The van der Waals surface area contributed by atoms with Crippen molar-refractivity contribution in [3.63, 3.8) is 0 Å². The maximum atomic E-state index is 12.1. The number of hydrogen-bond acceptors (Lipinski definition) is 3. The highest BCUT2D eigenvalue weighted by molar-refractivity contribution is 6.02. The molecule has 0 saturated carbocycles. The highest BCUT2D eigenvalue weighted by Gasteiger charge is 2.28. The standard InChI is InChI=1S/C15H12N2O3/c18-14-8-11-1-2-12(15(19)20)7-13(11)17(14)9-10-3-5-16-6-4-10/h1-7H,8-9H2,(H,19,20). The average Bonchev–Trinajstić information content (AvgIpc) is 2.75. The predicted molar refractivity (Wildman–Crippen MR) is 72.5 cm³/mol. The Labute approximate surface area is 115 Å². The Hall–Kier alpha value is -2.69. The molecule has 0 saturated heterocycles. The lowest BCUT2D eigenvalue weighted by atomic mass is 10.1. The van der Waals surface area contributed by atoms with Gasteiger partial charge in [0.05, 0.1) is 18.5 Å². The SMILES string of the molecule is O=C(O)c1ccc2c(c1)N(Cc1ccncc1)C(=O)C2. The number of carboxylic acids is 1. The van der Waals surface area contributed by atoms with Gasteiger partial charge in [-0.1, -0.05) is 6.07 Å². The average molecular weight is 268 g/mol. The lowest BCUT2D eigenvalue weighted by Crippen LogP contribution is -2.26. The molecule has 0 aliphatic carbocycles. The largest absolute Gasteiger partial charge is 0.478 e. The van der Waals surface area contributed by atoms with E-state index < -0.39 is 5.97 Å². The number of aromatic carboxylic acids is 1. The number of aromatic nitrogens is 1. The summed E-state index contributed by atoms with van der Waals surface area (Å²) in [6.07, 6.45) is 3.66. The van der Waals surface area contributed by atoms with Crippen molar-refractivity contribution >= 4 is 17.6 Å². The Morgan fingerprint density at radius 2 is 2.00 bits per heavy atom. The number of nitrogens with zero attached hydrogens (tertiary/aromatic N) is 2. The van der Waals surface area contributed by atoms with Crippen LogP contribution >= 0.6 is 0 Å². The summed E-state index contributed by atoms with van der Waals surface area (Å²) in [7, 11) is 0. The van der Waals surface area contributed by atoms with E-state index in [1.165, 1.54) is 6.07 Å². The molecule has 1 N–H and O–H groups in total. The van der Waals surface area contributed by atoms with Crippen molar-refractivity contribution < 1.29 is 14.7 Å². The lowest BCUT2D eigenvalue weighted by molar-refractivity contribution is -0.117. The zero-order valence-electron chi connectivity index (χ0n) is 10.6. The summed E-state index contributed by atoms with van der Waals surface area (Å²) in [6.45, 7) is 0.428. The normalized spacial score (nSPS) is 13.4. The van der Waals surface area contributed by atoms with Crippen molar-refractivity contribution in [3.8, 4) is 0 Å². The van der Waals surface area contributed by atoms with Gasteiger partial charge < -0.3 is 10.0 Å². The first kappa shape index (κ1) is 12.3. The number of carboxylic acid groups (broad SMARTS) is 1. The minimum atomic E-state index is -0.990. The third-order valence-corrected chi connectivity index (χ3v) is 3.36. The number of pyridine rings is 1. The maximum Gasteiger partial charge on any atom is 0.335 e. The molecule has 0 fully saturated rings. The van der Waals surface area contributed by atoms with Crippen LogP contribution < -0.4 is 4.90 Å². The van der Waals surface area contributed by atoms with Gasteiger partial charge in [0.15, 0.2) is 0 Å². The van der Waals surface area contributed by atoms with Gasteiger partial charge in [0.25, 0.3) is 0 Å². The topological polar surface area (TPSA) is 70.5 Å². The van der Waals surface area contributed by atoms with Gasteiger partial charge in [-0.25, -0.2) is 4.79 Å². The summed E-state index contributed by atoms with van der Waals surface area (Å²) < 4.78 is 0. The van der Waals surface area contributed by atoms with E-state index in [0.717, 1.165) is 11.1 Å². The van der Waals surface area contributed by atoms with Gasteiger partial charge in [0.2, 0.25) is 5.91 Å². The highest BCUT2D eigenvalue weighted by atomic mass is 16.4. The minimum absolute atomic E-state index is 0.0145. The molecule has 20 heavy (non-hydrogen) atoms. The van der Waals surface area contributed by atoms with Crippen molar-refractivity contribution in [3.05, 3.63) is 59.4 Å². The fourth-order valence-corrected chi connectivity index (χ4v) is 2.33. The van der Waals surface area contributed by atoms with Crippen molar-refractivity contribution in [2.75, 3.05) is 4.90 Å². The molecule has 1 amide bonds. The first-order valence-electron chi connectivity index (χ1n) is 6.20. The molecule has 0 radical (unpaired) electrons. The quantitative estimate of drug-likeness (QED) is 0.922. The van der Waals surface area contributed by atoms with E-state index in [0.29, 0.717) is 18.7 Å². The molecule has 0 atom stereocenters. The third-order valence-electron chi connectivity index (χ3n) is 3.36. The van der Waals surface area contributed by atoms with Crippen molar-refractivity contribution in [1.29, 1.82) is 0 Å². The van der Waals surface area contributed by atoms with E-state index in [4.69, 9.17) is 5.11 Å². The zero-order chi connectivity index (χ0) is 14.1. The second kappa shape index (κ2) is 4.77. The second-order valence-electron chi connectivity index (χ2n) is 4.66. The smallest absolute Gasteiger partial charge is 0.335 e. The summed E-state index contributed by atoms with van der Waals surface area (Å²) in [4.78, 5) is 28.7. The first-order valence-corrected chi connectivity index (χ1v) is 6.20. The Kier molecular flexibility index (Phi) is 2.95. The molecule has 100 valence electrons. The summed E-state index contributed by atoms with van der Waals surface area (Å²) in [6, 6.07) is 8.48. The molecule has 5 nitrogen and oxygen atoms in total. The lowest BCUT2D eigenvalue weighted by Gasteiger charge is -2.17. The van der Waals surface area contributed by atoms with E-state index in [-0.39, 0.29) is 11.5 Å². The Morgan fingerprint density at radius 1 is 1.25 bits per heavy atom. The van der Waals surface area contributed by atoms with E-state index in [9.17, 15) is 9.59 Å². The van der Waals surface area contributed by atoms with Crippen molar-refractivity contribution in [2.45, 2.75) is 13.0 Å². The second-order valence-corrected chi connectivity index (χ2v) is 4.66. The molecule has 1 aliphatic rings. The fourth-order valence-electron chi connectivity index (χ4n) is 2.33. The zero-order valence-corrected chi connectivity index (χ0v) is 10.6. The number of amides is 1. The van der Waals surface area contributed by atoms with Gasteiger partial charge in [0.1, 0.15) is 0 Å². The van der Waals surface area contributed by atoms with Crippen LogP contribution in [0.5, 0.6) is 0 Å². The van der Waals surface area contributed by atoms with Crippen LogP contribution in [0.2, 0.25) is 0 Å². The molecule has 1 aromatic heterocycles. The van der Waals surface area contributed by atoms with Crippen molar-refractivity contribution in [2.24, 2.45) is 0 Å². The molecule has 5 heteroatoms. The van der Waals surface area contributed by atoms with Gasteiger partial charge in [-0.3, -0.25) is 9.78 Å². The van der Waals surface area contributed by atoms with Crippen LogP contribution in [0.25, 0.3) is 0 Å². The maximum absolute atomic E-state index is 12.1. The van der Waals surface area contributed by atoms with Crippen LogP contribution in [0.4, 0.5) is 5.69 Å². The number of benzene rings is 1. The number of carbonyl (C=O) groups is 2. The van der Waals surface area contributed by atoms with Crippen molar-refractivity contribution in [1.82, 2.24) is 4.98 Å². The molecule has 2 heterocycles. The molecule has 0 spiro atoms. The van der Waals surface area contributed by atoms with Crippen LogP contribution in [-0.2, 0) is 17.8 Å². The molecule has 2 aromatic rings. The molecule has 1 aliphatic heterocycles. The predicted octanol–water partition coefficient (Wildman–Crippen LogP) is 1.87. The number of hydrogen-bond donors (Lipinski definition) is 1. The summed E-state index contributed by atoms with van der Waals surface area (Å²) in [5, 5.41) is 9.05. The molecule has 1 aromatic carbocycles. The highest BCUT2D eigenvalue weighted by Crippen LogP contribution is 2.31. The number of carbonyl (C=O) groups excluding carboxylic acids is 1. The van der Waals surface area contributed by atoms with Gasteiger partial charge >= 0.3 is 5.97 Å². The van der Waals surface area contributed by atoms with Crippen LogP contribution in [-0.4, -0.2) is 22.0 Å². The van der Waals surface area contributed by atoms with E-state index >= 15 is 0 Å². The van der Waals surface area contributed by atoms with E-state index in [1.807, 2.05) is 12.1 Å². The number of fused-ring (bicyclic) bond motifs is 1. The monoisotopic (exact) mass is 268 g/mol. The Balaban J connectivity index is 1.96. The number of rotatable bonds is 3. The van der Waals surface area contributed by atoms with Gasteiger partial charge in [-0.05, 0) is 35.4 Å². The molecule has 3 rings (SSSR count). The summed E-state index contributed by atoms with van der Waals surface area (Å²) in [5.41, 5.74) is 2.71. The third kappa shape index (κ3) is 2.14. The first-order chi connectivity index (χ1) is 9.65. The van der Waals surface area contributed by atoms with Crippen LogP contribution in [0.1, 0.15) is 21.5 Å². The van der Waals surface area contributed by atoms with Gasteiger partial charge in [0, 0.05) is 18.1 Å². The Bertz CT molecular complexity index is 683. The van der Waals surface area contributed by atoms with Crippen LogP contribution in [0.3, 0.4) is 0 Å². The van der Waals surface area contributed by atoms with E-state index in [2.05, 4.69) is 4.98 Å². The molecule has 0 unspecified atom stereocenters. The van der Waals surface area contributed by atoms with Crippen LogP contribution in [0, 0.1) is 0 Å². The Morgan fingerprint density at radius 3 is 2.70 bits per heavy atom. The fraction of sp³-hybridized carbons (Fsp3) is 0.133. The summed E-state index contributed by atoms with van der Waals surface area (Å²) in [5.74, 6) is -1.00. The number of anilines is 1. The molecule has 0 bridgehead atoms. The van der Waals surface area contributed by atoms with Crippen LogP contribution in [0.15, 0.2) is 42.7 Å².